The van der Waals surface area contributed by atoms with Gasteiger partial charge >= 0.3 is 5.97 Å². The number of hydrogen-bond acceptors (Lipinski definition) is 4. The monoisotopic (exact) mass is 424 g/mol. The second-order valence-corrected chi connectivity index (χ2v) is 8.20. The van der Waals surface area contributed by atoms with Crippen LogP contribution in [0.4, 0.5) is 0 Å². The summed E-state index contributed by atoms with van der Waals surface area (Å²) in [5.41, 5.74) is 3.73. The van der Waals surface area contributed by atoms with Gasteiger partial charge in [-0.25, -0.2) is 0 Å². The second kappa shape index (κ2) is 13.6. The molecule has 0 aromatic heterocycles. The Balaban J connectivity index is 1.76. The molecule has 0 aliphatic carbocycles. The molecule has 0 spiro atoms. The van der Waals surface area contributed by atoms with Crippen LogP contribution < -0.4 is 4.74 Å². The zero-order valence-corrected chi connectivity index (χ0v) is 19.2. The van der Waals surface area contributed by atoms with E-state index in [1.807, 2.05) is 24.3 Å². The van der Waals surface area contributed by atoms with Crippen LogP contribution >= 0.6 is 0 Å². The first-order valence-corrected chi connectivity index (χ1v) is 11.5. The normalized spacial score (nSPS) is 11.7. The summed E-state index contributed by atoms with van der Waals surface area (Å²) in [4.78, 5) is 22.7. The van der Waals surface area contributed by atoms with Crippen LogP contribution in [-0.4, -0.2) is 24.5 Å². The second-order valence-electron chi connectivity index (χ2n) is 8.20. The van der Waals surface area contributed by atoms with Gasteiger partial charge < -0.3 is 14.3 Å². The Labute approximate surface area is 187 Å². The van der Waals surface area contributed by atoms with E-state index in [4.69, 9.17) is 9.47 Å². The van der Waals surface area contributed by atoms with Crippen LogP contribution in [0.15, 0.2) is 48.5 Å². The van der Waals surface area contributed by atoms with Crippen LogP contribution in [0, 0.1) is 0 Å². The number of Topliss-reactive ketones (excluding diaryl/α,β-unsaturated/α-hetero) is 1. The van der Waals surface area contributed by atoms with Gasteiger partial charge in [0.2, 0.25) is 0 Å². The maximum Gasteiger partial charge on any atom is 0.306 e. The lowest BCUT2D eigenvalue weighted by molar-refractivity contribution is -0.149. The Hall–Kier alpha value is -2.62. The molecule has 0 heterocycles. The third-order valence-corrected chi connectivity index (χ3v) is 5.19. The Morgan fingerprint density at radius 2 is 1.48 bits per heavy atom. The summed E-state index contributed by atoms with van der Waals surface area (Å²) in [6.07, 6.45) is 7.15. The number of aryl methyl sites for hydroxylation is 1. The number of ketones is 1. The van der Waals surface area contributed by atoms with Crippen molar-refractivity contribution in [1.29, 1.82) is 0 Å². The van der Waals surface area contributed by atoms with Crippen LogP contribution in [-0.2, 0) is 20.7 Å². The molecule has 0 aliphatic rings. The Bertz CT molecular complexity index is 793. The Morgan fingerprint density at radius 1 is 0.839 bits per heavy atom. The fraction of sp³-hybridized carbons (Fsp3) is 0.481. The van der Waals surface area contributed by atoms with Crippen LogP contribution in [0.2, 0.25) is 0 Å². The molecular formula is C27H36O4. The molecule has 2 aromatic carbocycles. The van der Waals surface area contributed by atoms with Gasteiger partial charge in [0.25, 0.3) is 0 Å². The summed E-state index contributed by atoms with van der Waals surface area (Å²) >= 11 is 0. The molecule has 4 heteroatoms. The third-order valence-electron chi connectivity index (χ3n) is 5.19. The van der Waals surface area contributed by atoms with Crippen molar-refractivity contribution < 1.29 is 19.1 Å². The van der Waals surface area contributed by atoms with E-state index in [2.05, 4.69) is 31.2 Å². The van der Waals surface area contributed by atoms with Crippen molar-refractivity contribution in [3.63, 3.8) is 0 Å². The van der Waals surface area contributed by atoms with E-state index in [0.29, 0.717) is 19.4 Å². The molecule has 0 fully saturated rings. The number of rotatable bonds is 14. The van der Waals surface area contributed by atoms with Gasteiger partial charge in [-0.15, -0.1) is 0 Å². The van der Waals surface area contributed by atoms with Crippen LogP contribution in [0.3, 0.4) is 0 Å². The average molecular weight is 425 g/mol. The minimum absolute atomic E-state index is 0.0889. The van der Waals surface area contributed by atoms with E-state index in [1.165, 1.54) is 43.7 Å². The standard InChI is InChI=1S/C27H36O4/c1-4-5-6-7-10-23-12-14-24(15-13-23)25-16-18-26(19-17-25)30-20-22(3)31-27(29)11-8-9-21(2)28/h12-19,22H,4-11,20H2,1-3H3. The van der Waals surface area contributed by atoms with Gasteiger partial charge in [-0.05, 0) is 61.9 Å². The molecule has 0 amide bonds. The quantitative estimate of drug-likeness (QED) is 0.255. The maximum atomic E-state index is 11.8. The van der Waals surface area contributed by atoms with Gasteiger partial charge in [0.15, 0.2) is 0 Å². The maximum absolute atomic E-state index is 11.8. The summed E-state index contributed by atoms with van der Waals surface area (Å²) < 4.78 is 11.1. The van der Waals surface area contributed by atoms with E-state index in [9.17, 15) is 9.59 Å². The van der Waals surface area contributed by atoms with Crippen molar-refractivity contribution >= 4 is 11.8 Å². The molecule has 2 rings (SSSR count). The summed E-state index contributed by atoms with van der Waals surface area (Å²) in [7, 11) is 0. The molecular weight excluding hydrogens is 388 g/mol. The fourth-order valence-electron chi connectivity index (χ4n) is 3.38. The molecule has 0 radical (unpaired) electrons. The highest BCUT2D eigenvalue weighted by atomic mass is 16.6. The Morgan fingerprint density at radius 3 is 2.10 bits per heavy atom. The molecule has 31 heavy (non-hydrogen) atoms. The lowest BCUT2D eigenvalue weighted by atomic mass is 10.0. The van der Waals surface area contributed by atoms with E-state index in [0.717, 1.165) is 17.7 Å². The molecule has 0 bridgehead atoms. The van der Waals surface area contributed by atoms with Gasteiger partial charge in [-0.1, -0.05) is 62.6 Å². The summed E-state index contributed by atoms with van der Waals surface area (Å²) in [5.74, 6) is 0.545. The molecule has 0 saturated carbocycles. The lowest BCUT2D eigenvalue weighted by Crippen LogP contribution is -2.22. The summed E-state index contributed by atoms with van der Waals surface area (Å²) in [6, 6.07) is 16.8. The SMILES string of the molecule is CCCCCCc1ccc(-c2ccc(OCC(C)OC(=O)CCCC(C)=O)cc2)cc1. The molecule has 168 valence electrons. The first-order valence-electron chi connectivity index (χ1n) is 11.5. The third kappa shape index (κ3) is 9.82. The van der Waals surface area contributed by atoms with E-state index in [1.54, 1.807) is 6.92 Å². The van der Waals surface area contributed by atoms with Crippen molar-refractivity contribution in [1.82, 2.24) is 0 Å². The predicted octanol–water partition coefficient (Wildman–Crippen LogP) is 6.55. The molecule has 0 N–H and O–H groups in total. The van der Waals surface area contributed by atoms with Crippen LogP contribution in [0.25, 0.3) is 11.1 Å². The first-order chi connectivity index (χ1) is 15.0. The smallest absolute Gasteiger partial charge is 0.306 e. The van der Waals surface area contributed by atoms with Crippen molar-refractivity contribution in [3.8, 4) is 16.9 Å². The van der Waals surface area contributed by atoms with Gasteiger partial charge in [-0.3, -0.25) is 4.79 Å². The minimum atomic E-state index is -0.339. The number of ether oxygens (including phenoxy) is 2. The van der Waals surface area contributed by atoms with Crippen LogP contribution in [0.1, 0.15) is 71.3 Å². The fourth-order valence-corrected chi connectivity index (χ4v) is 3.38. The summed E-state index contributed by atoms with van der Waals surface area (Å²) in [6.45, 7) is 5.87. The van der Waals surface area contributed by atoms with Crippen molar-refractivity contribution in [2.45, 2.75) is 78.2 Å². The molecule has 1 atom stereocenters. The Kier molecular flexibility index (Phi) is 10.8. The predicted molar refractivity (Wildman–Crippen MR) is 125 cm³/mol. The number of carbonyl (C=O) groups is 2. The molecule has 4 nitrogen and oxygen atoms in total. The lowest BCUT2D eigenvalue weighted by Gasteiger charge is -2.14. The first kappa shape index (κ1) is 24.6. The summed E-state index contributed by atoms with van der Waals surface area (Å²) in [5, 5.41) is 0. The molecule has 1 unspecified atom stereocenters. The van der Waals surface area contributed by atoms with Crippen LogP contribution in [0.5, 0.6) is 5.75 Å². The van der Waals surface area contributed by atoms with Gasteiger partial charge in [0.1, 0.15) is 24.2 Å². The number of carbonyl (C=O) groups excluding carboxylic acids is 2. The largest absolute Gasteiger partial charge is 0.490 e. The highest BCUT2D eigenvalue weighted by Crippen LogP contribution is 2.23. The van der Waals surface area contributed by atoms with Gasteiger partial charge in [0, 0.05) is 12.8 Å². The number of unbranched alkanes of at least 4 members (excludes halogenated alkanes) is 3. The van der Waals surface area contributed by atoms with E-state index < -0.39 is 0 Å². The topological polar surface area (TPSA) is 52.6 Å². The van der Waals surface area contributed by atoms with Crippen molar-refractivity contribution in [2.24, 2.45) is 0 Å². The average Bonchev–Trinajstić information content (AvgIpc) is 2.76. The highest BCUT2D eigenvalue weighted by molar-refractivity contribution is 5.76. The van der Waals surface area contributed by atoms with E-state index in [-0.39, 0.29) is 24.3 Å². The zero-order valence-electron chi connectivity index (χ0n) is 19.2. The van der Waals surface area contributed by atoms with E-state index >= 15 is 0 Å². The van der Waals surface area contributed by atoms with Crippen molar-refractivity contribution in [3.05, 3.63) is 54.1 Å². The number of esters is 1. The number of hydrogen-bond donors (Lipinski definition) is 0. The minimum Gasteiger partial charge on any atom is -0.490 e. The van der Waals surface area contributed by atoms with Gasteiger partial charge in [-0.2, -0.15) is 0 Å². The number of benzene rings is 2. The van der Waals surface area contributed by atoms with Gasteiger partial charge in [0.05, 0.1) is 0 Å². The molecule has 0 aliphatic heterocycles. The molecule has 0 saturated heterocycles. The zero-order chi connectivity index (χ0) is 22.5. The van der Waals surface area contributed by atoms with Crippen molar-refractivity contribution in [2.75, 3.05) is 6.61 Å². The molecule has 2 aromatic rings. The highest BCUT2D eigenvalue weighted by Gasteiger charge is 2.11.